The van der Waals surface area contributed by atoms with E-state index in [1.807, 2.05) is 0 Å². The van der Waals surface area contributed by atoms with E-state index < -0.39 is 15.8 Å². The number of anilines is 1. The lowest BCUT2D eigenvalue weighted by atomic mass is 10.3. The molecule has 1 aromatic rings. The molecule has 0 radical (unpaired) electrons. The standard InChI is InChI=1S/C10H14FNO3S/c1-3-6-16(13,14)12-10-7-8(15-2)4-5-9(10)11/h4-5,7,12H,3,6H2,1-2H3. The van der Waals surface area contributed by atoms with Gasteiger partial charge in [0, 0.05) is 6.07 Å². The van der Waals surface area contributed by atoms with Gasteiger partial charge >= 0.3 is 0 Å². The molecule has 0 spiro atoms. The van der Waals surface area contributed by atoms with Crippen LogP contribution in [-0.4, -0.2) is 21.3 Å². The van der Waals surface area contributed by atoms with E-state index in [0.717, 1.165) is 6.07 Å². The fraction of sp³-hybridized carbons (Fsp3) is 0.400. The monoisotopic (exact) mass is 247 g/mol. The number of methoxy groups -OCH3 is 1. The second kappa shape index (κ2) is 5.16. The summed E-state index contributed by atoms with van der Waals surface area (Å²) >= 11 is 0. The molecule has 0 aliphatic heterocycles. The largest absolute Gasteiger partial charge is 0.497 e. The molecule has 0 atom stereocenters. The molecule has 90 valence electrons. The Morgan fingerprint density at radius 1 is 1.44 bits per heavy atom. The number of halogens is 1. The van der Waals surface area contributed by atoms with E-state index in [0.29, 0.717) is 12.2 Å². The molecule has 0 amide bonds. The predicted molar refractivity (Wildman–Crippen MR) is 60.7 cm³/mol. The predicted octanol–water partition coefficient (Wildman–Crippen LogP) is 1.99. The van der Waals surface area contributed by atoms with Crippen LogP contribution in [0.2, 0.25) is 0 Å². The minimum atomic E-state index is -3.48. The molecule has 0 aliphatic rings. The third kappa shape index (κ3) is 3.37. The van der Waals surface area contributed by atoms with Gasteiger partial charge in [-0.25, -0.2) is 12.8 Å². The highest BCUT2D eigenvalue weighted by atomic mass is 32.2. The van der Waals surface area contributed by atoms with E-state index in [9.17, 15) is 12.8 Å². The van der Waals surface area contributed by atoms with E-state index >= 15 is 0 Å². The zero-order valence-corrected chi connectivity index (χ0v) is 9.97. The maximum absolute atomic E-state index is 13.3. The molecule has 0 bridgehead atoms. The molecule has 0 saturated carbocycles. The number of nitrogens with one attached hydrogen (secondary N) is 1. The van der Waals surface area contributed by atoms with Crippen molar-refractivity contribution >= 4 is 15.7 Å². The molecule has 0 aliphatic carbocycles. The fourth-order valence-electron chi connectivity index (χ4n) is 1.20. The summed E-state index contributed by atoms with van der Waals surface area (Å²) < 4.78 is 43.2. The first-order chi connectivity index (χ1) is 7.48. The van der Waals surface area contributed by atoms with Gasteiger partial charge in [0.1, 0.15) is 11.6 Å². The summed E-state index contributed by atoms with van der Waals surface area (Å²) in [7, 11) is -2.05. The topological polar surface area (TPSA) is 55.4 Å². The normalized spacial score (nSPS) is 11.2. The van der Waals surface area contributed by atoms with Crippen LogP contribution < -0.4 is 9.46 Å². The van der Waals surface area contributed by atoms with Crippen LogP contribution in [0.25, 0.3) is 0 Å². The summed E-state index contributed by atoms with van der Waals surface area (Å²) in [6.07, 6.45) is 0.473. The van der Waals surface area contributed by atoms with Crippen LogP contribution in [0, 0.1) is 5.82 Å². The number of rotatable bonds is 5. The fourth-order valence-corrected chi connectivity index (χ4v) is 2.33. The number of benzene rings is 1. The average Bonchev–Trinajstić information content (AvgIpc) is 2.21. The molecular formula is C10H14FNO3S. The van der Waals surface area contributed by atoms with Gasteiger partial charge in [-0.2, -0.15) is 0 Å². The Hall–Kier alpha value is -1.30. The number of hydrogen-bond donors (Lipinski definition) is 1. The van der Waals surface area contributed by atoms with Crippen LogP contribution in [0.3, 0.4) is 0 Å². The molecular weight excluding hydrogens is 233 g/mol. The smallest absolute Gasteiger partial charge is 0.232 e. The van der Waals surface area contributed by atoms with Gasteiger partial charge in [-0.3, -0.25) is 4.72 Å². The summed E-state index contributed by atoms with van der Waals surface area (Å²) in [5.41, 5.74) is -0.0900. The van der Waals surface area contributed by atoms with Crippen molar-refractivity contribution in [2.24, 2.45) is 0 Å². The average molecular weight is 247 g/mol. The van der Waals surface area contributed by atoms with Crippen LogP contribution in [0.1, 0.15) is 13.3 Å². The zero-order valence-electron chi connectivity index (χ0n) is 9.16. The van der Waals surface area contributed by atoms with Crippen LogP contribution >= 0.6 is 0 Å². The third-order valence-electron chi connectivity index (χ3n) is 1.91. The second-order valence-electron chi connectivity index (χ2n) is 3.27. The van der Waals surface area contributed by atoms with Gasteiger partial charge in [0.2, 0.25) is 10.0 Å². The Kier molecular flexibility index (Phi) is 4.12. The Bertz CT molecular complexity index is 459. The van der Waals surface area contributed by atoms with Crippen molar-refractivity contribution in [3.63, 3.8) is 0 Å². The van der Waals surface area contributed by atoms with E-state index in [4.69, 9.17) is 4.74 Å². The lowest BCUT2D eigenvalue weighted by Gasteiger charge is -2.09. The van der Waals surface area contributed by atoms with Crippen LogP contribution in [0.15, 0.2) is 18.2 Å². The summed E-state index contributed by atoms with van der Waals surface area (Å²) in [4.78, 5) is 0. The first-order valence-electron chi connectivity index (χ1n) is 4.82. The van der Waals surface area contributed by atoms with E-state index in [2.05, 4.69) is 4.72 Å². The summed E-state index contributed by atoms with van der Waals surface area (Å²) in [6, 6.07) is 3.89. The van der Waals surface area contributed by atoms with E-state index in [-0.39, 0.29) is 11.4 Å². The Labute approximate surface area is 94.5 Å². The minimum absolute atomic E-state index is 0.0380. The summed E-state index contributed by atoms with van der Waals surface area (Å²) in [6.45, 7) is 1.74. The number of ether oxygens (including phenoxy) is 1. The highest BCUT2D eigenvalue weighted by Gasteiger charge is 2.12. The molecule has 1 rings (SSSR count). The Balaban J connectivity index is 2.96. The first kappa shape index (κ1) is 12.8. The van der Waals surface area contributed by atoms with Crippen molar-refractivity contribution in [2.75, 3.05) is 17.6 Å². The zero-order chi connectivity index (χ0) is 12.2. The van der Waals surface area contributed by atoms with Crippen molar-refractivity contribution in [2.45, 2.75) is 13.3 Å². The second-order valence-corrected chi connectivity index (χ2v) is 5.11. The molecule has 16 heavy (non-hydrogen) atoms. The maximum atomic E-state index is 13.3. The number of hydrogen-bond acceptors (Lipinski definition) is 3. The lowest BCUT2D eigenvalue weighted by molar-refractivity contribution is 0.414. The number of sulfonamides is 1. The molecule has 6 heteroatoms. The summed E-state index contributed by atoms with van der Waals surface area (Å²) in [5.74, 6) is -0.264. The third-order valence-corrected chi connectivity index (χ3v) is 3.39. The van der Waals surface area contributed by atoms with Gasteiger partial charge in [-0.1, -0.05) is 6.92 Å². The molecule has 0 heterocycles. The molecule has 1 aromatic carbocycles. The highest BCUT2D eigenvalue weighted by molar-refractivity contribution is 7.92. The van der Waals surface area contributed by atoms with Crippen molar-refractivity contribution in [1.82, 2.24) is 0 Å². The highest BCUT2D eigenvalue weighted by Crippen LogP contribution is 2.22. The van der Waals surface area contributed by atoms with Crippen molar-refractivity contribution in [3.05, 3.63) is 24.0 Å². The molecule has 0 saturated heterocycles. The molecule has 4 nitrogen and oxygen atoms in total. The van der Waals surface area contributed by atoms with Gasteiger partial charge in [0.05, 0.1) is 18.6 Å². The van der Waals surface area contributed by atoms with Gasteiger partial charge in [0.25, 0.3) is 0 Å². The maximum Gasteiger partial charge on any atom is 0.232 e. The lowest BCUT2D eigenvalue weighted by Crippen LogP contribution is -2.16. The minimum Gasteiger partial charge on any atom is -0.497 e. The molecule has 0 aromatic heterocycles. The SMILES string of the molecule is CCCS(=O)(=O)Nc1cc(OC)ccc1F. The van der Waals surface area contributed by atoms with Crippen LogP contribution in [0.4, 0.5) is 10.1 Å². The van der Waals surface area contributed by atoms with Crippen molar-refractivity contribution in [1.29, 1.82) is 0 Å². The Morgan fingerprint density at radius 3 is 2.69 bits per heavy atom. The molecule has 0 fully saturated rings. The Morgan fingerprint density at radius 2 is 2.12 bits per heavy atom. The van der Waals surface area contributed by atoms with Crippen molar-refractivity contribution < 1.29 is 17.5 Å². The molecule has 1 N–H and O–H groups in total. The van der Waals surface area contributed by atoms with Gasteiger partial charge < -0.3 is 4.74 Å². The first-order valence-corrected chi connectivity index (χ1v) is 6.47. The van der Waals surface area contributed by atoms with Gasteiger partial charge in [0.15, 0.2) is 0 Å². The van der Waals surface area contributed by atoms with Crippen molar-refractivity contribution in [3.8, 4) is 5.75 Å². The quantitative estimate of drug-likeness (QED) is 0.865. The van der Waals surface area contributed by atoms with Gasteiger partial charge in [-0.15, -0.1) is 0 Å². The van der Waals surface area contributed by atoms with E-state index in [1.165, 1.54) is 19.2 Å². The van der Waals surface area contributed by atoms with Gasteiger partial charge in [-0.05, 0) is 18.6 Å². The van der Waals surface area contributed by atoms with Crippen LogP contribution in [0.5, 0.6) is 5.75 Å². The summed E-state index contributed by atoms with van der Waals surface area (Å²) in [5, 5.41) is 0. The van der Waals surface area contributed by atoms with Crippen LogP contribution in [-0.2, 0) is 10.0 Å². The van der Waals surface area contributed by atoms with E-state index in [1.54, 1.807) is 6.92 Å². The molecule has 0 unspecified atom stereocenters.